The summed E-state index contributed by atoms with van der Waals surface area (Å²) < 4.78 is 5.08. The van der Waals surface area contributed by atoms with E-state index in [1.54, 1.807) is 7.11 Å². The first-order chi connectivity index (χ1) is 11.2. The highest BCUT2D eigenvalue weighted by Gasteiger charge is 2.15. The monoisotopic (exact) mass is 355 g/mol. The number of hydrogen-bond acceptors (Lipinski definition) is 4. The number of nitrogens with one attached hydrogen (secondary N) is 3. The van der Waals surface area contributed by atoms with Crippen molar-refractivity contribution in [2.45, 2.75) is 25.8 Å². The average molecular weight is 356 g/mol. The molecule has 1 fully saturated rings. The Bertz CT molecular complexity index is 516. The Kier molecular flexibility index (Phi) is 9.19. The second kappa shape index (κ2) is 10.9. The van der Waals surface area contributed by atoms with Crippen LogP contribution in [0.2, 0.25) is 0 Å². The molecule has 1 atom stereocenters. The molecule has 1 aliphatic rings. The molecule has 1 aliphatic heterocycles. The Labute approximate surface area is 149 Å². The summed E-state index contributed by atoms with van der Waals surface area (Å²) in [5.41, 5.74) is 0.985. The van der Waals surface area contributed by atoms with Crippen molar-refractivity contribution in [1.29, 1.82) is 0 Å². The molecule has 0 spiro atoms. The topological polar surface area (TPSA) is 79.5 Å². The van der Waals surface area contributed by atoms with Gasteiger partial charge in [-0.1, -0.05) is 12.1 Å². The van der Waals surface area contributed by atoms with Gasteiger partial charge in [0.25, 0.3) is 0 Å². The Morgan fingerprint density at radius 1 is 1.21 bits per heavy atom. The molecule has 1 aromatic rings. The van der Waals surface area contributed by atoms with Gasteiger partial charge in [-0.2, -0.15) is 0 Å². The predicted octanol–water partition coefficient (Wildman–Crippen LogP) is 1.24. The van der Waals surface area contributed by atoms with Crippen LogP contribution in [0.4, 0.5) is 0 Å². The van der Waals surface area contributed by atoms with Crippen molar-refractivity contribution in [2.75, 3.05) is 26.7 Å². The third-order valence-electron chi connectivity index (χ3n) is 4.04. The van der Waals surface area contributed by atoms with Crippen molar-refractivity contribution in [3.05, 3.63) is 29.8 Å². The number of carbonyl (C=O) groups is 2. The van der Waals surface area contributed by atoms with E-state index < -0.39 is 0 Å². The van der Waals surface area contributed by atoms with Crippen LogP contribution in [-0.2, 0) is 16.1 Å². The minimum absolute atomic E-state index is 0. The van der Waals surface area contributed by atoms with Crippen LogP contribution >= 0.6 is 12.4 Å². The SMILES string of the molecule is COc1ccc(CNC(=O)CNC(=O)CCC2CCNC2)cc1.Cl. The van der Waals surface area contributed by atoms with Gasteiger partial charge in [0.2, 0.25) is 11.8 Å². The quantitative estimate of drug-likeness (QED) is 0.655. The van der Waals surface area contributed by atoms with Crippen molar-refractivity contribution >= 4 is 24.2 Å². The number of hydrogen-bond donors (Lipinski definition) is 3. The second-order valence-corrected chi connectivity index (χ2v) is 5.80. The highest BCUT2D eigenvalue weighted by atomic mass is 35.5. The third-order valence-corrected chi connectivity index (χ3v) is 4.04. The number of methoxy groups -OCH3 is 1. The molecule has 0 aromatic heterocycles. The lowest BCUT2D eigenvalue weighted by atomic mass is 10.0. The molecule has 6 nitrogen and oxygen atoms in total. The summed E-state index contributed by atoms with van der Waals surface area (Å²) in [6, 6.07) is 7.49. The lowest BCUT2D eigenvalue weighted by Crippen LogP contribution is -2.36. The van der Waals surface area contributed by atoms with Gasteiger partial charge in [-0.3, -0.25) is 9.59 Å². The van der Waals surface area contributed by atoms with Gasteiger partial charge in [-0.25, -0.2) is 0 Å². The van der Waals surface area contributed by atoms with Crippen LogP contribution in [0.1, 0.15) is 24.8 Å². The van der Waals surface area contributed by atoms with E-state index in [1.807, 2.05) is 24.3 Å². The highest BCUT2D eigenvalue weighted by molar-refractivity contribution is 5.85. The largest absolute Gasteiger partial charge is 0.497 e. The van der Waals surface area contributed by atoms with Gasteiger partial charge in [-0.05, 0) is 49.5 Å². The minimum atomic E-state index is -0.184. The first-order valence-corrected chi connectivity index (χ1v) is 8.04. The molecule has 0 saturated carbocycles. The van der Waals surface area contributed by atoms with E-state index in [-0.39, 0.29) is 30.8 Å². The molecule has 1 unspecified atom stereocenters. The molecule has 1 aromatic carbocycles. The molecule has 2 rings (SSSR count). The molecule has 3 N–H and O–H groups in total. The zero-order chi connectivity index (χ0) is 16.5. The van der Waals surface area contributed by atoms with E-state index in [1.165, 1.54) is 0 Å². The van der Waals surface area contributed by atoms with Gasteiger partial charge in [0.15, 0.2) is 0 Å². The molecule has 0 aliphatic carbocycles. The summed E-state index contributed by atoms with van der Waals surface area (Å²) in [5.74, 6) is 1.13. The van der Waals surface area contributed by atoms with E-state index in [4.69, 9.17) is 4.74 Å². The van der Waals surface area contributed by atoms with Crippen LogP contribution in [0.25, 0.3) is 0 Å². The van der Waals surface area contributed by atoms with Crippen LogP contribution in [0.15, 0.2) is 24.3 Å². The van der Waals surface area contributed by atoms with Gasteiger partial charge in [-0.15, -0.1) is 12.4 Å². The van der Waals surface area contributed by atoms with Crippen molar-refractivity contribution in [3.63, 3.8) is 0 Å². The van der Waals surface area contributed by atoms with E-state index in [0.29, 0.717) is 18.9 Å². The fraction of sp³-hybridized carbons (Fsp3) is 0.529. The van der Waals surface area contributed by atoms with E-state index in [9.17, 15) is 9.59 Å². The van der Waals surface area contributed by atoms with Gasteiger partial charge >= 0.3 is 0 Å². The first kappa shape index (κ1) is 20.3. The second-order valence-electron chi connectivity index (χ2n) is 5.80. The molecular formula is C17H26ClN3O3. The van der Waals surface area contributed by atoms with Crippen LogP contribution in [0.3, 0.4) is 0 Å². The molecule has 2 amide bonds. The number of amides is 2. The highest BCUT2D eigenvalue weighted by Crippen LogP contribution is 2.13. The maximum Gasteiger partial charge on any atom is 0.239 e. The number of halogens is 1. The Hall–Kier alpha value is -1.79. The first-order valence-electron chi connectivity index (χ1n) is 8.04. The van der Waals surface area contributed by atoms with Gasteiger partial charge in [0.1, 0.15) is 5.75 Å². The Balaban J connectivity index is 0.00000288. The number of benzene rings is 1. The van der Waals surface area contributed by atoms with Gasteiger partial charge in [0.05, 0.1) is 13.7 Å². The number of ether oxygens (including phenoxy) is 1. The number of rotatable bonds is 8. The molecule has 1 heterocycles. The summed E-state index contributed by atoms with van der Waals surface area (Å²) in [7, 11) is 1.61. The fourth-order valence-corrected chi connectivity index (χ4v) is 2.57. The van der Waals surface area contributed by atoms with Gasteiger partial charge in [0, 0.05) is 13.0 Å². The molecule has 0 bridgehead atoms. The van der Waals surface area contributed by atoms with Crippen molar-refractivity contribution in [2.24, 2.45) is 5.92 Å². The molecule has 0 radical (unpaired) electrons. The smallest absolute Gasteiger partial charge is 0.239 e. The third kappa shape index (κ3) is 7.19. The fourth-order valence-electron chi connectivity index (χ4n) is 2.57. The van der Waals surface area contributed by atoms with Crippen LogP contribution in [0, 0.1) is 5.92 Å². The molecule has 1 saturated heterocycles. The van der Waals surface area contributed by atoms with E-state index in [0.717, 1.165) is 37.2 Å². The Morgan fingerprint density at radius 2 is 1.96 bits per heavy atom. The summed E-state index contributed by atoms with van der Waals surface area (Å²) in [6.45, 7) is 2.50. The lowest BCUT2D eigenvalue weighted by molar-refractivity contribution is -0.126. The zero-order valence-corrected chi connectivity index (χ0v) is 14.8. The van der Waals surface area contributed by atoms with Crippen LogP contribution in [0.5, 0.6) is 5.75 Å². The standard InChI is InChI=1S/C17H25N3O3.ClH/c1-23-15-5-2-13(3-6-15)11-19-17(22)12-20-16(21)7-4-14-8-9-18-10-14;/h2-3,5-6,14,18H,4,7-12H2,1H3,(H,19,22)(H,20,21);1H. The summed E-state index contributed by atoms with van der Waals surface area (Å²) >= 11 is 0. The average Bonchev–Trinajstić information content (AvgIpc) is 3.10. The summed E-state index contributed by atoms with van der Waals surface area (Å²) in [4.78, 5) is 23.5. The maximum absolute atomic E-state index is 11.7. The van der Waals surface area contributed by atoms with Gasteiger partial charge < -0.3 is 20.7 Å². The normalized spacial score (nSPS) is 16.1. The minimum Gasteiger partial charge on any atom is -0.497 e. The van der Waals surface area contributed by atoms with Crippen molar-refractivity contribution in [1.82, 2.24) is 16.0 Å². The van der Waals surface area contributed by atoms with E-state index in [2.05, 4.69) is 16.0 Å². The maximum atomic E-state index is 11.7. The molecule has 24 heavy (non-hydrogen) atoms. The predicted molar refractivity (Wildman–Crippen MR) is 95.3 cm³/mol. The van der Waals surface area contributed by atoms with Crippen LogP contribution in [-0.4, -0.2) is 38.6 Å². The van der Waals surface area contributed by atoms with Crippen LogP contribution < -0.4 is 20.7 Å². The van der Waals surface area contributed by atoms with Crippen molar-refractivity contribution in [3.8, 4) is 5.75 Å². The Morgan fingerprint density at radius 3 is 2.58 bits per heavy atom. The zero-order valence-electron chi connectivity index (χ0n) is 14.0. The molecule has 134 valence electrons. The number of carbonyl (C=O) groups excluding carboxylic acids is 2. The summed E-state index contributed by atoms with van der Waals surface area (Å²) in [5, 5.41) is 8.74. The lowest BCUT2D eigenvalue weighted by Gasteiger charge is -2.09. The van der Waals surface area contributed by atoms with Crippen molar-refractivity contribution < 1.29 is 14.3 Å². The van der Waals surface area contributed by atoms with E-state index >= 15 is 0 Å². The molecular weight excluding hydrogens is 330 g/mol. The molecule has 7 heteroatoms. The summed E-state index contributed by atoms with van der Waals surface area (Å²) in [6.07, 6.45) is 2.50.